The summed E-state index contributed by atoms with van der Waals surface area (Å²) in [4.78, 5) is 19.6. The van der Waals surface area contributed by atoms with Gasteiger partial charge in [-0.3, -0.25) is 8.97 Å². The highest BCUT2D eigenvalue weighted by Gasteiger charge is 2.26. The normalized spacial score (nSPS) is 12.7. The van der Waals surface area contributed by atoms with Crippen molar-refractivity contribution in [1.29, 1.82) is 0 Å². The molecule has 38 heavy (non-hydrogen) atoms. The SMILES string of the molecule is C/C=C\C=C(/C)c1nc(C)nc(-n2c3c(c4ccccc4n3-c3ccccc3)n3c4ccccc4nc23)n1. The number of imidazole rings is 2. The Hall–Kier alpha value is -5.04. The second kappa shape index (κ2) is 8.52. The molecule has 7 heteroatoms. The first kappa shape index (κ1) is 22.2. The van der Waals surface area contributed by atoms with Gasteiger partial charge in [-0.05, 0) is 56.7 Å². The van der Waals surface area contributed by atoms with Crippen molar-refractivity contribution in [3.05, 3.63) is 109 Å². The highest BCUT2D eigenvalue weighted by Crippen LogP contribution is 2.37. The Morgan fingerprint density at radius 1 is 0.763 bits per heavy atom. The molecule has 4 aromatic heterocycles. The molecule has 7 aromatic rings. The molecule has 0 saturated carbocycles. The smallest absolute Gasteiger partial charge is 0.242 e. The van der Waals surface area contributed by atoms with Gasteiger partial charge in [-0.25, -0.2) is 14.5 Å². The summed E-state index contributed by atoms with van der Waals surface area (Å²) in [7, 11) is 0. The minimum atomic E-state index is 0.538. The van der Waals surface area contributed by atoms with E-state index in [1.165, 1.54) is 0 Å². The molecule has 0 aliphatic heterocycles. The van der Waals surface area contributed by atoms with Crippen LogP contribution in [0.25, 0.3) is 56.1 Å². The van der Waals surface area contributed by atoms with Crippen molar-refractivity contribution in [2.75, 3.05) is 0 Å². The number of benzene rings is 3. The minimum Gasteiger partial charge on any atom is -0.294 e. The summed E-state index contributed by atoms with van der Waals surface area (Å²) in [6.45, 7) is 5.92. The van der Waals surface area contributed by atoms with E-state index in [-0.39, 0.29) is 0 Å². The van der Waals surface area contributed by atoms with Crippen molar-refractivity contribution in [3.63, 3.8) is 0 Å². The highest BCUT2D eigenvalue weighted by atomic mass is 15.3. The summed E-state index contributed by atoms with van der Waals surface area (Å²) >= 11 is 0. The van der Waals surface area contributed by atoms with Crippen LogP contribution in [0.1, 0.15) is 25.5 Å². The predicted octanol–water partition coefficient (Wildman–Crippen LogP) is 6.85. The van der Waals surface area contributed by atoms with Gasteiger partial charge in [-0.1, -0.05) is 66.8 Å². The molecule has 0 radical (unpaired) electrons. The Bertz CT molecular complexity index is 2050. The van der Waals surface area contributed by atoms with Crippen LogP contribution in [0.5, 0.6) is 0 Å². The summed E-state index contributed by atoms with van der Waals surface area (Å²) in [5.74, 6) is 2.59. The lowest BCUT2D eigenvalue weighted by atomic mass is 10.2. The first-order chi connectivity index (χ1) is 18.7. The van der Waals surface area contributed by atoms with Crippen molar-refractivity contribution in [2.24, 2.45) is 0 Å². The van der Waals surface area contributed by atoms with E-state index in [1.54, 1.807) is 0 Å². The first-order valence-corrected chi connectivity index (χ1v) is 12.6. The van der Waals surface area contributed by atoms with Gasteiger partial charge in [0, 0.05) is 11.1 Å². The van der Waals surface area contributed by atoms with Crippen molar-refractivity contribution >= 4 is 44.5 Å². The number of allylic oxidation sites excluding steroid dienone is 4. The summed E-state index contributed by atoms with van der Waals surface area (Å²) in [5.41, 5.74) is 7.10. The number of para-hydroxylation sites is 4. The number of hydrogen-bond acceptors (Lipinski definition) is 4. The monoisotopic (exact) mass is 495 g/mol. The van der Waals surface area contributed by atoms with Crippen LogP contribution in [-0.2, 0) is 0 Å². The fraction of sp³-hybridized carbons (Fsp3) is 0.0968. The largest absolute Gasteiger partial charge is 0.294 e. The van der Waals surface area contributed by atoms with Crippen LogP contribution in [0, 0.1) is 6.92 Å². The zero-order chi connectivity index (χ0) is 25.8. The van der Waals surface area contributed by atoms with Gasteiger partial charge in [0.05, 0.1) is 16.6 Å². The topological polar surface area (TPSA) is 65.8 Å². The molecule has 0 aliphatic rings. The van der Waals surface area contributed by atoms with Gasteiger partial charge in [0.25, 0.3) is 0 Å². The number of aryl methyl sites for hydroxylation is 1. The third-order valence-corrected chi connectivity index (χ3v) is 6.84. The number of nitrogens with zero attached hydrogens (tertiary/aromatic N) is 7. The van der Waals surface area contributed by atoms with Gasteiger partial charge in [-0.15, -0.1) is 0 Å². The maximum atomic E-state index is 5.08. The average molecular weight is 496 g/mol. The van der Waals surface area contributed by atoms with Crippen LogP contribution in [-0.4, -0.2) is 33.5 Å². The van der Waals surface area contributed by atoms with Crippen molar-refractivity contribution < 1.29 is 0 Å². The van der Waals surface area contributed by atoms with Crippen LogP contribution in [0.4, 0.5) is 0 Å². The van der Waals surface area contributed by atoms with Crippen LogP contribution in [0.2, 0.25) is 0 Å². The highest BCUT2D eigenvalue weighted by molar-refractivity contribution is 6.10. The van der Waals surface area contributed by atoms with Crippen LogP contribution >= 0.6 is 0 Å². The average Bonchev–Trinajstić information content (AvgIpc) is 3.57. The minimum absolute atomic E-state index is 0.538. The van der Waals surface area contributed by atoms with Gasteiger partial charge < -0.3 is 0 Å². The Morgan fingerprint density at radius 3 is 2.32 bits per heavy atom. The molecule has 0 atom stereocenters. The molecule has 4 heterocycles. The zero-order valence-corrected chi connectivity index (χ0v) is 21.4. The lowest BCUT2D eigenvalue weighted by Crippen LogP contribution is -2.10. The molecule has 0 N–H and O–H groups in total. The quantitative estimate of drug-likeness (QED) is 0.251. The Labute approximate surface area is 219 Å². The van der Waals surface area contributed by atoms with Gasteiger partial charge in [0.1, 0.15) is 11.3 Å². The lowest BCUT2D eigenvalue weighted by molar-refractivity contribution is 0.865. The van der Waals surface area contributed by atoms with E-state index in [0.29, 0.717) is 17.6 Å². The summed E-state index contributed by atoms with van der Waals surface area (Å²) in [6.07, 6.45) is 6.00. The van der Waals surface area contributed by atoms with E-state index < -0.39 is 0 Å². The number of rotatable bonds is 4. The molecule has 0 unspecified atom stereocenters. The predicted molar refractivity (Wildman–Crippen MR) is 153 cm³/mol. The molecule has 7 rings (SSSR count). The van der Waals surface area contributed by atoms with E-state index >= 15 is 0 Å². The van der Waals surface area contributed by atoms with E-state index in [1.807, 2.05) is 57.2 Å². The Kier molecular flexibility index (Phi) is 4.97. The molecular weight excluding hydrogens is 470 g/mol. The van der Waals surface area contributed by atoms with Crippen molar-refractivity contribution in [2.45, 2.75) is 20.8 Å². The molecule has 0 fully saturated rings. The summed E-state index contributed by atoms with van der Waals surface area (Å²) in [5, 5.41) is 1.13. The summed E-state index contributed by atoms with van der Waals surface area (Å²) < 4.78 is 6.58. The lowest BCUT2D eigenvalue weighted by Gasteiger charge is -2.11. The van der Waals surface area contributed by atoms with Gasteiger partial charge >= 0.3 is 0 Å². The molecule has 0 saturated heterocycles. The first-order valence-electron chi connectivity index (χ1n) is 12.6. The van der Waals surface area contributed by atoms with E-state index in [4.69, 9.17) is 15.0 Å². The number of hydrogen-bond donors (Lipinski definition) is 0. The number of fused-ring (bicyclic) bond motifs is 7. The second-order valence-electron chi connectivity index (χ2n) is 9.31. The molecule has 0 amide bonds. The Balaban J connectivity index is 1.70. The van der Waals surface area contributed by atoms with E-state index in [2.05, 4.69) is 79.2 Å². The van der Waals surface area contributed by atoms with Crippen LogP contribution in [0.15, 0.2) is 97.1 Å². The van der Waals surface area contributed by atoms with Crippen molar-refractivity contribution in [1.82, 2.24) is 33.5 Å². The summed E-state index contributed by atoms with van der Waals surface area (Å²) in [6, 6.07) is 27.1. The maximum absolute atomic E-state index is 5.08. The van der Waals surface area contributed by atoms with Gasteiger partial charge in [0.15, 0.2) is 11.5 Å². The van der Waals surface area contributed by atoms with E-state index in [0.717, 1.165) is 50.1 Å². The van der Waals surface area contributed by atoms with Gasteiger partial charge in [0.2, 0.25) is 11.7 Å². The molecule has 7 nitrogen and oxygen atoms in total. The zero-order valence-electron chi connectivity index (χ0n) is 21.4. The third kappa shape index (κ3) is 3.22. The Morgan fingerprint density at radius 2 is 1.50 bits per heavy atom. The van der Waals surface area contributed by atoms with E-state index in [9.17, 15) is 0 Å². The number of aromatic nitrogens is 7. The molecule has 184 valence electrons. The fourth-order valence-electron chi connectivity index (χ4n) is 5.20. The molecule has 0 spiro atoms. The molecule has 3 aromatic carbocycles. The molecular formula is C31H25N7. The second-order valence-corrected chi connectivity index (χ2v) is 9.31. The van der Waals surface area contributed by atoms with Crippen LogP contribution < -0.4 is 0 Å². The fourth-order valence-corrected chi connectivity index (χ4v) is 5.20. The van der Waals surface area contributed by atoms with Crippen molar-refractivity contribution in [3.8, 4) is 11.6 Å². The molecule has 0 bridgehead atoms. The molecule has 0 aliphatic carbocycles. The standard InChI is InChI=1S/C31H25N7/c1-4-5-13-20(2)28-32-21(3)33-30(35-28)38-29-27(37-26-19-12-10-17-24(26)34-31(37)38)23-16-9-11-18-25(23)36(29)22-14-7-6-8-15-22/h4-19H,1-3H3/b5-4-,20-13+. The third-order valence-electron chi connectivity index (χ3n) is 6.84. The maximum Gasteiger partial charge on any atom is 0.242 e. The van der Waals surface area contributed by atoms with Gasteiger partial charge in [-0.2, -0.15) is 9.97 Å². The van der Waals surface area contributed by atoms with Crippen LogP contribution in [0.3, 0.4) is 0 Å².